The lowest BCUT2D eigenvalue weighted by molar-refractivity contribution is 0.550. The molecule has 6 nitrogen and oxygen atoms in total. The number of pyridine rings is 1. The van der Waals surface area contributed by atoms with Crippen LogP contribution in [0.25, 0.3) is 21.9 Å². The summed E-state index contributed by atoms with van der Waals surface area (Å²) in [6.45, 7) is 2.48. The van der Waals surface area contributed by atoms with E-state index in [1.807, 2.05) is 56.0 Å². The lowest BCUT2D eigenvalue weighted by Gasteiger charge is -2.08. The van der Waals surface area contributed by atoms with Crippen LogP contribution in [-0.2, 0) is 20.6 Å². The molecular formula is C17H17N5O. The van der Waals surface area contributed by atoms with E-state index < -0.39 is 0 Å². The van der Waals surface area contributed by atoms with Crippen molar-refractivity contribution in [3.05, 3.63) is 58.1 Å². The number of benzene rings is 1. The predicted molar refractivity (Wildman–Crippen MR) is 89.5 cm³/mol. The maximum absolute atomic E-state index is 12.8. The van der Waals surface area contributed by atoms with Gasteiger partial charge in [-0.1, -0.05) is 30.3 Å². The standard InChI is InChI=1S/C17H17N5O/c1-11-14-15-13(9-18-16(14)20(2)19-11)17(23)22(21(15)3)10-12-7-5-4-6-8-12/h4-9H,10H2,1-3H3. The minimum atomic E-state index is -0.0241. The Hall–Kier alpha value is -2.89. The van der Waals surface area contributed by atoms with Crippen LogP contribution in [0.15, 0.2) is 41.3 Å². The highest BCUT2D eigenvalue weighted by Gasteiger charge is 2.18. The van der Waals surface area contributed by atoms with Gasteiger partial charge in [0.05, 0.1) is 28.5 Å². The molecule has 0 aliphatic heterocycles. The van der Waals surface area contributed by atoms with Gasteiger partial charge in [-0.2, -0.15) is 5.10 Å². The summed E-state index contributed by atoms with van der Waals surface area (Å²) in [7, 11) is 3.78. The van der Waals surface area contributed by atoms with Gasteiger partial charge >= 0.3 is 0 Å². The van der Waals surface area contributed by atoms with Crippen LogP contribution in [-0.4, -0.2) is 24.1 Å². The SMILES string of the molecule is Cc1nn(C)c2ncc3c(=O)n(Cc4ccccc4)n(C)c3c12. The van der Waals surface area contributed by atoms with Crippen LogP contribution in [0.4, 0.5) is 0 Å². The number of nitrogens with zero attached hydrogens (tertiary/aromatic N) is 5. The van der Waals surface area contributed by atoms with Gasteiger partial charge in [-0.15, -0.1) is 0 Å². The summed E-state index contributed by atoms with van der Waals surface area (Å²) in [6.07, 6.45) is 1.66. The van der Waals surface area contributed by atoms with E-state index >= 15 is 0 Å². The normalized spacial score (nSPS) is 11.6. The zero-order valence-corrected chi connectivity index (χ0v) is 13.3. The summed E-state index contributed by atoms with van der Waals surface area (Å²) in [4.78, 5) is 17.2. The number of hydrogen-bond acceptors (Lipinski definition) is 3. The summed E-state index contributed by atoms with van der Waals surface area (Å²) >= 11 is 0. The molecule has 0 atom stereocenters. The molecule has 0 aliphatic carbocycles. The van der Waals surface area contributed by atoms with Crippen molar-refractivity contribution < 1.29 is 0 Å². The van der Waals surface area contributed by atoms with Gasteiger partial charge in [0.25, 0.3) is 5.56 Å². The minimum Gasteiger partial charge on any atom is -0.284 e. The first-order chi connectivity index (χ1) is 11.1. The maximum atomic E-state index is 12.8. The Bertz CT molecular complexity index is 1090. The third kappa shape index (κ3) is 1.91. The van der Waals surface area contributed by atoms with E-state index in [-0.39, 0.29) is 5.56 Å². The van der Waals surface area contributed by atoms with E-state index in [0.717, 1.165) is 27.8 Å². The van der Waals surface area contributed by atoms with E-state index in [1.54, 1.807) is 15.6 Å². The smallest absolute Gasteiger partial charge is 0.276 e. The molecule has 6 heteroatoms. The summed E-state index contributed by atoms with van der Waals surface area (Å²) in [6, 6.07) is 9.98. The first kappa shape index (κ1) is 13.8. The van der Waals surface area contributed by atoms with Crippen molar-refractivity contribution in [2.75, 3.05) is 0 Å². The van der Waals surface area contributed by atoms with Crippen molar-refractivity contribution in [1.29, 1.82) is 0 Å². The zero-order valence-electron chi connectivity index (χ0n) is 13.3. The van der Waals surface area contributed by atoms with Gasteiger partial charge in [0, 0.05) is 20.3 Å². The quantitative estimate of drug-likeness (QED) is 0.569. The molecule has 3 aromatic heterocycles. The molecule has 0 amide bonds. The third-order valence-corrected chi connectivity index (χ3v) is 4.33. The van der Waals surface area contributed by atoms with Crippen LogP contribution in [0.1, 0.15) is 11.3 Å². The van der Waals surface area contributed by atoms with Crippen molar-refractivity contribution in [3.63, 3.8) is 0 Å². The van der Waals surface area contributed by atoms with E-state index in [2.05, 4.69) is 10.1 Å². The maximum Gasteiger partial charge on any atom is 0.276 e. The molecule has 0 N–H and O–H groups in total. The number of aryl methyl sites for hydroxylation is 3. The third-order valence-electron chi connectivity index (χ3n) is 4.33. The Kier molecular flexibility index (Phi) is 2.87. The number of hydrogen-bond donors (Lipinski definition) is 0. The number of aromatic nitrogens is 5. The molecule has 0 radical (unpaired) electrons. The Morgan fingerprint density at radius 2 is 1.87 bits per heavy atom. The molecule has 0 aliphatic rings. The van der Waals surface area contributed by atoms with Crippen molar-refractivity contribution in [2.45, 2.75) is 13.5 Å². The molecule has 0 saturated heterocycles. The first-order valence-electron chi connectivity index (χ1n) is 7.49. The molecule has 1 aromatic carbocycles. The van der Waals surface area contributed by atoms with E-state index in [4.69, 9.17) is 0 Å². The summed E-state index contributed by atoms with van der Waals surface area (Å²) in [5, 5.41) is 6.01. The molecule has 4 aromatic rings. The number of rotatable bonds is 2. The fourth-order valence-corrected chi connectivity index (χ4v) is 3.22. The van der Waals surface area contributed by atoms with Gasteiger partial charge in [0.15, 0.2) is 5.65 Å². The Morgan fingerprint density at radius 3 is 2.61 bits per heavy atom. The molecule has 0 fully saturated rings. The van der Waals surface area contributed by atoms with Crippen molar-refractivity contribution in [3.8, 4) is 0 Å². The van der Waals surface area contributed by atoms with Crippen molar-refractivity contribution in [2.24, 2.45) is 14.1 Å². The lowest BCUT2D eigenvalue weighted by Crippen LogP contribution is -2.21. The van der Waals surface area contributed by atoms with Crippen LogP contribution in [0, 0.1) is 6.92 Å². The molecule has 116 valence electrons. The van der Waals surface area contributed by atoms with Crippen LogP contribution < -0.4 is 5.56 Å². The number of fused-ring (bicyclic) bond motifs is 3. The van der Waals surface area contributed by atoms with Gasteiger partial charge in [-0.05, 0) is 12.5 Å². The Labute approximate surface area is 132 Å². The highest BCUT2D eigenvalue weighted by atomic mass is 16.1. The highest BCUT2D eigenvalue weighted by Crippen LogP contribution is 2.24. The van der Waals surface area contributed by atoms with E-state index in [0.29, 0.717) is 11.9 Å². The summed E-state index contributed by atoms with van der Waals surface area (Å²) in [5.74, 6) is 0. The molecule has 23 heavy (non-hydrogen) atoms. The predicted octanol–water partition coefficient (Wildman–Crippen LogP) is 1.98. The van der Waals surface area contributed by atoms with Crippen LogP contribution in [0.5, 0.6) is 0 Å². The zero-order chi connectivity index (χ0) is 16.1. The second kappa shape index (κ2) is 4.81. The molecule has 0 unspecified atom stereocenters. The van der Waals surface area contributed by atoms with E-state index in [9.17, 15) is 4.79 Å². The first-order valence-corrected chi connectivity index (χ1v) is 7.49. The van der Waals surface area contributed by atoms with Gasteiger partial charge in [-0.3, -0.25) is 14.2 Å². The average Bonchev–Trinajstić information content (AvgIpc) is 2.97. The van der Waals surface area contributed by atoms with Gasteiger partial charge in [0.2, 0.25) is 0 Å². The topological polar surface area (TPSA) is 57.6 Å². The van der Waals surface area contributed by atoms with Crippen LogP contribution in [0.2, 0.25) is 0 Å². The van der Waals surface area contributed by atoms with Crippen LogP contribution in [0.3, 0.4) is 0 Å². The molecule has 3 heterocycles. The fourth-order valence-electron chi connectivity index (χ4n) is 3.22. The van der Waals surface area contributed by atoms with Gasteiger partial charge < -0.3 is 0 Å². The molecule has 0 saturated carbocycles. The largest absolute Gasteiger partial charge is 0.284 e. The average molecular weight is 307 g/mol. The Balaban J connectivity index is 2.04. The minimum absolute atomic E-state index is 0.0241. The molecule has 0 spiro atoms. The van der Waals surface area contributed by atoms with Crippen molar-refractivity contribution >= 4 is 21.9 Å². The second-order valence-electron chi connectivity index (χ2n) is 5.80. The lowest BCUT2D eigenvalue weighted by atomic mass is 10.2. The van der Waals surface area contributed by atoms with Gasteiger partial charge in [-0.25, -0.2) is 9.67 Å². The molecule has 0 bridgehead atoms. The monoisotopic (exact) mass is 307 g/mol. The Morgan fingerprint density at radius 1 is 1.13 bits per heavy atom. The highest BCUT2D eigenvalue weighted by molar-refractivity contribution is 6.03. The summed E-state index contributed by atoms with van der Waals surface area (Å²) < 4.78 is 5.42. The molecule has 4 rings (SSSR count). The van der Waals surface area contributed by atoms with Crippen molar-refractivity contribution in [1.82, 2.24) is 24.1 Å². The van der Waals surface area contributed by atoms with Crippen LogP contribution >= 0.6 is 0 Å². The van der Waals surface area contributed by atoms with E-state index in [1.165, 1.54) is 0 Å². The second-order valence-corrected chi connectivity index (χ2v) is 5.80. The summed E-state index contributed by atoms with van der Waals surface area (Å²) in [5.41, 5.74) is 3.63. The molecular weight excluding hydrogens is 290 g/mol. The van der Waals surface area contributed by atoms with Gasteiger partial charge in [0.1, 0.15) is 0 Å². The fraction of sp³-hybridized carbons (Fsp3) is 0.235.